The fourth-order valence-corrected chi connectivity index (χ4v) is 13.6. The third-order valence-corrected chi connectivity index (χ3v) is 20.5. The predicted molar refractivity (Wildman–Crippen MR) is 238 cm³/mol. The number of benzene rings is 3. The van der Waals surface area contributed by atoms with Gasteiger partial charge in [0.25, 0.3) is 0 Å². The Morgan fingerprint density at radius 2 is 1.36 bits per heavy atom. The number of carbonyl (C=O) groups excluding carboxylic acids is 4. The van der Waals surface area contributed by atoms with Crippen molar-refractivity contribution in [3.63, 3.8) is 0 Å². The van der Waals surface area contributed by atoms with E-state index < -0.39 is 45.3 Å². The quantitative estimate of drug-likeness (QED) is 0.0364. The van der Waals surface area contributed by atoms with Gasteiger partial charge in [-0.2, -0.15) is 0 Å². The summed E-state index contributed by atoms with van der Waals surface area (Å²) in [7, 11) is -2.40. The van der Waals surface area contributed by atoms with Gasteiger partial charge < -0.3 is 23.7 Å². The highest BCUT2D eigenvalue weighted by atomic mass is 31.2. The van der Waals surface area contributed by atoms with Crippen LogP contribution in [-0.2, 0) is 28.3 Å². The van der Waals surface area contributed by atoms with Crippen LogP contribution in [0, 0.1) is 5.92 Å². The maximum absolute atomic E-state index is 15.2. The smallest absolute Gasteiger partial charge is 0.410 e. The lowest BCUT2D eigenvalue weighted by Gasteiger charge is -2.53. The Morgan fingerprint density at radius 3 is 1.84 bits per heavy atom. The van der Waals surface area contributed by atoms with E-state index in [4.69, 9.17) is 13.9 Å². The third kappa shape index (κ3) is 9.10. The van der Waals surface area contributed by atoms with Crippen LogP contribution in [0.15, 0.2) is 128 Å². The molecule has 5 rings (SSSR count). The standard InChI is InChI=1S/C47H59N2O7PSi/c1-10-30-54-45(52)44(57(37-23-15-12-16-24-37,38-25-17-13-18-26-38)39-27-19-14-20-28-39)49-40(42(43(49)51)35(4)56-58(8,9)47(5,6)7)33-41(50)34(3)32-36-22-21-29-48(36)46(53)55-31-11-2/h10-20,23-28,32,35-36,40,42H,1-2,21-22,29-31,33H2,3-9H3/b34-32+/t35-,36+,40-,42-/m1/s1. The van der Waals surface area contributed by atoms with Crippen LogP contribution < -0.4 is 15.9 Å². The molecule has 2 fully saturated rings. The lowest BCUT2D eigenvalue weighted by atomic mass is 9.79. The van der Waals surface area contributed by atoms with E-state index in [9.17, 15) is 9.59 Å². The van der Waals surface area contributed by atoms with Gasteiger partial charge in [-0.1, -0.05) is 143 Å². The molecule has 0 N–H and O–H groups in total. The van der Waals surface area contributed by atoms with Gasteiger partial charge in [0.1, 0.15) is 18.6 Å². The molecule has 0 radical (unpaired) electrons. The molecule has 2 heterocycles. The number of ether oxygens (including phenoxy) is 2. The summed E-state index contributed by atoms with van der Waals surface area (Å²) in [6, 6.07) is 28.3. The summed E-state index contributed by atoms with van der Waals surface area (Å²) in [5, 5.41) is 2.42. The maximum atomic E-state index is 15.2. The summed E-state index contributed by atoms with van der Waals surface area (Å²) in [6.45, 7) is 19.2. The summed E-state index contributed by atoms with van der Waals surface area (Å²) < 4.78 is 18.2. The molecule has 2 amide bonds. The number of Topliss-reactive ketones (excluding diaryl/α,β-unsaturated/α-hetero) is 1. The number of hydrogen-bond acceptors (Lipinski definition) is 7. The Kier molecular flexibility index (Phi) is 14.4. The van der Waals surface area contributed by atoms with Crippen molar-refractivity contribution in [2.45, 2.75) is 90.2 Å². The Hall–Kier alpha value is -4.76. The highest BCUT2D eigenvalue weighted by Crippen LogP contribution is 2.51. The number of esters is 1. The van der Waals surface area contributed by atoms with E-state index in [0.29, 0.717) is 18.5 Å². The zero-order valence-corrected chi connectivity index (χ0v) is 37.0. The second-order valence-electron chi connectivity index (χ2n) is 16.5. The van der Waals surface area contributed by atoms with E-state index in [2.05, 4.69) is 47.0 Å². The van der Waals surface area contributed by atoms with Gasteiger partial charge in [-0.25, -0.2) is 9.59 Å². The second-order valence-corrected chi connectivity index (χ2v) is 24.6. The molecule has 3 aromatic rings. The molecule has 2 saturated heterocycles. The molecule has 2 aliphatic rings. The number of carbonyl (C=O) groups is 4. The average molecular weight is 823 g/mol. The van der Waals surface area contributed by atoms with E-state index in [0.717, 1.165) is 22.3 Å². The van der Waals surface area contributed by atoms with Crippen LogP contribution in [0.3, 0.4) is 0 Å². The molecule has 0 aromatic heterocycles. The lowest BCUT2D eigenvalue weighted by molar-refractivity contribution is -0.157. The minimum absolute atomic E-state index is 0.0738. The van der Waals surface area contributed by atoms with Gasteiger partial charge in [0.15, 0.2) is 14.1 Å². The van der Waals surface area contributed by atoms with E-state index in [1.54, 1.807) is 16.7 Å². The third-order valence-electron chi connectivity index (χ3n) is 11.7. The monoisotopic (exact) mass is 822 g/mol. The molecular weight excluding hydrogens is 764 g/mol. The van der Waals surface area contributed by atoms with Gasteiger partial charge in [0.05, 0.1) is 24.1 Å². The number of hydrogen-bond donors (Lipinski definition) is 0. The molecule has 11 heteroatoms. The highest BCUT2D eigenvalue weighted by molar-refractivity contribution is 7.96. The zero-order chi connectivity index (χ0) is 42.3. The van der Waals surface area contributed by atoms with Crippen LogP contribution in [-0.4, -0.2) is 85.2 Å². The van der Waals surface area contributed by atoms with Crippen molar-refractivity contribution in [1.29, 1.82) is 0 Å². The molecule has 0 unspecified atom stereocenters. The SMILES string of the molecule is C=CCOC(=O)C(N1C(=O)[C@H]([C@@H](C)O[Si](C)(C)C(C)(C)C)[C@H]1CC(=O)/C(C)=C/[C@@H]1CCCN1C(=O)OCC=C)=P(c1ccccc1)(c1ccccc1)c1ccccc1. The van der Waals surface area contributed by atoms with Crippen LogP contribution in [0.2, 0.25) is 18.1 Å². The summed E-state index contributed by atoms with van der Waals surface area (Å²) in [5.41, 5.74) is 0.667. The van der Waals surface area contributed by atoms with Gasteiger partial charge in [-0.05, 0) is 66.3 Å². The molecule has 2 aliphatic heterocycles. The number of nitrogens with zero attached hydrogens (tertiary/aromatic N) is 2. The van der Waals surface area contributed by atoms with Crippen LogP contribution in [0.1, 0.15) is 53.9 Å². The van der Waals surface area contributed by atoms with Crippen LogP contribution >= 0.6 is 6.89 Å². The number of ketones is 1. The molecule has 9 nitrogen and oxygen atoms in total. The summed E-state index contributed by atoms with van der Waals surface area (Å²) in [6.07, 6.45) is 5.24. The Bertz CT molecular complexity index is 1960. The fourth-order valence-electron chi connectivity index (χ4n) is 7.78. The van der Waals surface area contributed by atoms with Crippen molar-refractivity contribution in [1.82, 2.24) is 9.80 Å². The number of amides is 2. The molecule has 0 bridgehead atoms. The molecule has 0 spiro atoms. The lowest BCUT2D eigenvalue weighted by Crippen LogP contribution is -2.69. The number of likely N-dealkylation sites (tertiary alicyclic amines) is 2. The number of rotatable bonds is 16. The Morgan fingerprint density at radius 1 is 0.862 bits per heavy atom. The van der Waals surface area contributed by atoms with Crippen molar-refractivity contribution in [2.24, 2.45) is 5.92 Å². The first-order valence-electron chi connectivity index (χ1n) is 20.1. The van der Waals surface area contributed by atoms with Crippen LogP contribution in [0.5, 0.6) is 0 Å². The van der Waals surface area contributed by atoms with E-state index >= 15 is 9.59 Å². The number of allylic oxidation sites excluding steroid dienone is 1. The first-order valence-corrected chi connectivity index (χ1v) is 24.8. The molecule has 0 saturated carbocycles. The summed E-state index contributed by atoms with van der Waals surface area (Å²) in [5.74, 6) is -1.87. The van der Waals surface area contributed by atoms with Crippen molar-refractivity contribution < 1.29 is 33.1 Å². The van der Waals surface area contributed by atoms with E-state index in [1.165, 1.54) is 12.2 Å². The summed E-state index contributed by atoms with van der Waals surface area (Å²) >= 11 is 0. The van der Waals surface area contributed by atoms with Gasteiger partial charge >= 0.3 is 12.1 Å². The van der Waals surface area contributed by atoms with Gasteiger partial charge in [0.2, 0.25) is 5.91 Å². The maximum Gasteiger partial charge on any atom is 0.410 e. The molecule has 58 heavy (non-hydrogen) atoms. The normalized spacial score (nSPS) is 19.2. The zero-order valence-electron chi connectivity index (χ0n) is 35.1. The molecule has 308 valence electrons. The Labute approximate surface area is 345 Å². The molecule has 4 atom stereocenters. The van der Waals surface area contributed by atoms with Gasteiger partial charge in [-0.15, -0.1) is 0 Å². The van der Waals surface area contributed by atoms with E-state index in [-0.39, 0.29) is 47.8 Å². The topological polar surface area (TPSA) is 102 Å². The van der Waals surface area contributed by atoms with Crippen LogP contribution in [0.25, 0.3) is 0 Å². The fraction of sp³-hybridized carbons (Fsp3) is 0.383. The minimum atomic E-state index is -3.21. The van der Waals surface area contributed by atoms with E-state index in [1.807, 2.05) is 104 Å². The molecule has 0 aliphatic carbocycles. The number of β-lactam (4-membered cyclic amide) rings is 1. The van der Waals surface area contributed by atoms with Gasteiger partial charge in [-0.3, -0.25) is 9.59 Å². The van der Waals surface area contributed by atoms with Crippen molar-refractivity contribution >= 4 is 60.3 Å². The van der Waals surface area contributed by atoms with Crippen molar-refractivity contribution in [3.8, 4) is 0 Å². The largest absolute Gasteiger partial charge is 0.457 e. The average Bonchev–Trinajstić information content (AvgIpc) is 3.67. The molecular formula is C47H59N2O7PSi. The Balaban J connectivity index is 1.75. The highest BCUT2D eigenvalue weighted by Gasteiger charge is 2.57. The first-order chi connectivity index (χ1) is 27.6. The van der Waals surface area contributed by atoms with Crippen molar-refractivity contribution in [2.75, 3.05) is 19.8 Å². The van der Waals surface area contributed by atoms with Crippen LogP contribution in [0.4, 0.5) is 4.79 Å². The van der Waals surface area contributed by atoms with Gasteiger partial charge in [0, 0.05) is 19.9 Å². The molecule has 3 aromatic carbocycles. The second kappa shape index (κ2) is 18.9. The van der Waals surface area contributed by atoms with Crippen molar-refractivity contribution in [3.05, 3.63) is 128 Å². The first kappa shape index (κ1) is 44.3. The summed E-state index contributed by atoms with van der Waals surface area (Å²) in [4.78, 5) is 60.8. The minimum Gasteiger partial charge on any atom is -0.457 e. The predicted octanol–water partition coefficient (Wildman–Crippen LogP) is 7.77.